The molecule has 1 rings (SSSR count). The molecule has 0 radical (unpaired) electrons. The van der Waals surface area contributed by atoms with Gasteiger partial charge in [0.05, 0.1) is 4.90 Å². The second kappa shape index (κ2) is 11.6. The number of sulfonamides is 1. The largest absolute Gasteiger partial charge is 0.356 e. The normalized spacial score (nSPS) is 11.7. The molecule has 0 aliphatic rings. The molecule has 0 aromatic heterocycles. The lowest BCUT2D eigenvalue weighted by Crippen LogP contribution is -2.37. The zero-order valence-electron chi connectivity index (χ0n) is 13.7. The SMILES string of the molecule is CCCCCCNC(=NC)NCc1cccc(S(N)(=O)=O)c1.I. The zero-order valence-corrected chi connectivity index (χ0v) is 16.9. The molecule has 0 aliphatic heterocycles. The van der Waals surface area contributed by atoms with Gasteiger partial charge in [-0.25, -0.2) is 13.6 Å². The topological polar surface area (TPSA) is 96.6 Å². The van der Waals surface area contributed by atoms with Crippen LogP contribution in [-0.4, -0.2) is 28.0 Å². The number of primary sulfonamides is 1. The summed E-state index contributed by atoms with van der Waals surface area (Å²) < 4.78 is 22.7. The summed E-state index contributed by atoms with van der Waals surface area (Å²) in [7, 11) is -1.96. The van der Waals surface area contributed by atoms with Crippen LogP contribution < -0.4 is 15.8 Å². The molecule has 0 saturated carbocycles. The highest BCUT2D eigenvalue weighted by molar-refractivity contribution is 14.0. The summed E-state index contributed by atoms with van der Waals surface area (Å²) in [4.78, 5) is 4.26. The minimum absolute atomic E-state index is 0. The number of benzene rings is 1. The Bertz CT molecular complexity index is 591. The molecule has 0 heterocycles. The highest BCUT2D eigenvalue weighted by Gasteiger charge is 2.08. The number of guanidine groups is 1. The molecule has 23 heavy (non-hydrogen) atoms. The van der Waals surface area contributed by atoms with E-state index in [0.29, 0.717) is 12.5 Å². The molecule has 0 saturated heterocycles. The lowest BCUT2D eigenvalue weighted by molar-refractivity contribution is 0.597. The van der Waals surface area contributed by atoms with Crippen LogP contribution in [-0.2, 0) is 16.6 Å². The standard InChI is InChI=1S/C15H26N4O2S.HI/c1-3-4-5-6-10-18-15(17-2)19-12-13-8-7-9-14(11-13)22(16,20)21;/h7-9,11H,3-6,10,12H2,1-2H3,(H2,16,20,21)(H2,17,18,19);1H. The quantitative estimate of drug-likeness (QED) is 0.243. The van der Waals surface area contributed by atoms with Crippen molar-refractivity contribution in [2.75, 3.05) is 13.6 Å². The van der Waals surface area contributed by atoms with Crippen molar-refractivity contribution < 1.29 is 8.42 Å². The summed E-state index contributed by atoms with van der Waals surface area (Å²) >= 11 is 0. The summed E-state index contributed by atoms with van der Waals surface area (Å²) in [5, 5.41) is 11.5. The predicted molar refractivity (Wildman–Crippen MR) is 106 cm³/mol. The molecule has 132 valence electrons. The van der Waals surface area contributed by atoms with Crippen molar-refractivity contribution in [2.24, 2.45) is 10.1 Å². The Morgan fingerprint density at radius 2 is 1.96 bits per heavy atom. The minimum Gasteiger partial charge on any atom is -0.356 e. The van der Waals surface area contributed by atoms with Crippen LogP contribution in [0, 0.1) is 0 Å². The first-order valence-electron chi connectivity index (χ1n) is 7.53. The van der Waals surface area contributed by atoms with Crippen molar-refractivity contribution in [3.05, 3.63) is 29.8 Å². The van der Waals surface area contributed by atoms with Crippen molar-refractivity contribution in [1.29, 1.82) is 0 Å². The Kier molecular flexibility index (Phi) is 11.2. The molecule has 1 aromatic rings. The van der Waals surface area contributed by atoms with E-state index >= 15 is 0 Å². The molecule has 0 spiro atoms. The summed E-state index contributed by atoms with van der Waals surface area (Å²) in [5.74, 6) is 0.706. The maximum absolute atomic E-state index is 11.3. The average Bonchev–Trinajstić information content (AvgIpc) is 2.49. The number of nitrogens with two attached hydrogens (primary N) is 1. The molecule has 0 aliphatic carbocycles. The van der Waals surface area contributed by atoms with Crippen LogP contribution in [0.15, 0.2) is 34.2 Å². The molecule has 0 bridgehead atoms. The van der Waals surface area contributed by atoms with Gasteiger partial charge in [-0.3, -0.25) is 4.99 Å². The van der Waals surface area contributed by atoms with Gasteiger partial charge >= 0.3 is 0 Å². The van der Waals surface area contributed by atoms with Crippen LogP contribution >= 0.6 is 24.0 Å². The molecule has 1 aromatic carbocycles. The summed E-state index contributed by atoms with van der Waals surface area (Å²) in [5.41, 5.74) is 0.834. The van der Waals surface area contributed by atoms with Gasteiger partial charge in [-0.05, 0) is 24.1 Å². The van der Waals surface area contributed by atoms with Gasteiger partial charge in [-0.2, -0.15) is 0 Å². The fourth-order valence-corrected chi connectivity index (χ4v) is 2.58. The van der Waals surface area contributed by atoms with E-state index in [9.17, 15) is 8.42 Å². The Hall–Kier alpha value is -0.870. The van der Waals surface area contributed by atoms with Crippen LogP contribution in [0.1, 0.15) is 38.2 Å². The number of unbranched alkanes of at least 4 members (excludes halogenated alkanes) is 3. The van der Waals surface area contributed by atoms with Gasteiger partial charge in [-0.1, -0.05) is 38.3 Å². The molecule has 0 atom stereocenters. The van der Waals surface area contributed by atoms with Crippen LogP contribution in [0.4, 0.5) is 0 Å². The van der Waals surface area contributed by atoms with Crippen LogP contribution in [0.3, 0.4) is 0 Å². The summed E-state index contributed by atoms with van der Waals surface area (Å²) in [6, 6.07) is 6.57. The smallest absolute Gasteiger partial charge is 0.238 e. The number of aliphatic imine (C=N–C) groups is 1. The van der Waals surface area contributed by atoms with Gasteiger partial charge in [0.1, 0.15) is 0 Å². The van der Waals surface area contributed by atoms with E-state index in [4.69, 9.17) is 5.14 Å². The molecule has 6 nitrogen and oxygen atoms in total. The van der Waals surface area contributed by atoms with Crippen molar-refractivity contribution >= 4 is 40.0 Å². The third-order valence-electron chi connectivity index (χ3n) is 3.23. The van der Waals surface area contributed by atoms with Crippen LogP contribution in [0.2, 0.25) is 0 Å². The van der Waals surface area contributed by atoms with Gasteiger partial charge in [0, 0.05) is 20.1 Å². The first kappa shape index (κ1) is 22.1. The maximum atomic E-state index is 11.3. The van der Waals surface area contributed by atoms with Crippen molar-refractivity contribution in [3.63, 3.8) is 0 Å². The van der Waals surface area contributed by atoms with E-state index < -0.39 is 10.0 Å². The van der Waals surface area contributed by atoms with Crippen LogP contribution in [0.25, 0.3) is 0 Å². The third-order valence-corrected chi connectivity index (χ3v) is 4.14. The predicted octanol–water partition coefficient (Wildman–Crippen LogP) is 2.20. The van der Waals surface area contributed by atoms with Gasteiger partial charge in [-0.15, -0.1) is 24.0 Å². The fraction of sp³-hybridized carbons (Fsp3) is 0.533. The second-order valence-electron chi connectivity index (χ2n) is 5.11. The fourth-order valence-electron chi connectivity index (χ4n) is 2.00. The number of hydrogen-bond acceptors (Lipinski definition) is 3. The third kappa shape index (κ3) is 9.11. The summed E-state index contributed by atoms with van der Waals surface area (Å²) in [6.45, 7) is 3.54. The Labute approximate surface area is 156 Å². The highest BCUT2D eigenvalue weighted by Crippen LogP contribution is 2.09. The number of nitrogens with one attached hydrogen (secondary N) is 2. The average molecular weight is 454 g/mol. The minimum atomic E-state index is -3.67. The first-order valence-corrected chi connectivity index (χ1v) is 9.08. The van der Waals surface area contributed by atoms with E-state index in [2.05, 4.69) is 22.5 Å². The van der Waals surface area contributed by atoms with E-state index in [1.54, 1.807) is 19.2 Å². The molecule has 0 unspecified atom stereocenters. The monoisotopic (exact) mass is 454 g/mol. The highest BCUT2D eigenvalue weighted by atomic mass is 127. The number of nitrogens with zero attached hydrogens (tertiary/aromatic N) is 1. The van der Waals surface area contributed by atoms with E-state index in [1.807, 2.05) is 6.07 Å². The van der Waals surface area contributed by atoms with Crippen LogP contribution in [0.5, 0.6) is 0 Å². The van der Waals surface area contributed by atoms with Gasteiger partial charge < -0.3 is 10.6 Å². The van der Waals surface area contributed by atoms with Crippen molar-refractivity contribution in [3.8, 4) is 0 Å². The molecular weight excluding hydrogens is 427 g/mol. The Balaban J connectivity index is 0.00000484. The Morgan fingerprint density at radius 3 is 2.57 bits per heavy atom. The summed E-state index contributed by atoms with van der Waals surface area (Å²) in [6.07, 6.45) is 4.77. The molecule has 0 amide bonds. The van der Waals surface area contributed by atoms with Gasteiger partial charge in [0.15, 0.2) is 5.96 Å². The number of rotatable bonds is 8. The number of halogens is 1. The molecular formula is C15H27IN4O2S. The Morgan fingerprint density at radius 1 is 1.22 bits per heavy atom. The van der Waals surface area contributed by atoms with Crippen molar-refractivity contribution in [1.82, 2.24) is 10.6 Å². The van der Waals surface area contributed by atoms with E-state index in [0.717, 1.165) is 18.5 Å². The maximum Gasteiger partial charge on any atom is 0.238 e. The second-order valence-corrected chi connectivity index (χ2v) is 6.67. The lowest BCUT2D eigenvalue weighted by Gasteiger charge is -2.12. The zero-order chi connectivity index (χ0) is 16.4. The van der Waals surface area contributed by atoms with Gasteiger partial charge in [0.2, 0.25) is 10.0 Å². The van der Waals surface area contributed by atoms with E-state index in [-0.39, 0.29) is 28.9 Å². The molecule has 8 heteroatoms. The van der Waals surface area contributed by atoms with E-state index in [1.165, 1.54) is 25.3 Å². The van der Waals surface area contributed by atoms with Gasteiger partial charge in [0.25, 0.3) is 0 Å². The molecule has 4 N–H and O–H groups in total. The number of hydrogen-bond donors (Lipinski definition) is 3. The van der Waals surface area contributed by atoms with Crippen molar-refractivity contribution in [2.45, 2.75) is 44.0 Å². The lowest BCUT2D eigenvalue weighted by atomic mass is 10.2. The first-order chi connectivity index (χ1) is 10.5. The molecule has 0 fully saturated rings.